The number of sulfonamides is 1. The Hall–Kier alpha value is -1.48. The predicted molar refractivity (Wildman–Crippen MR) is 75.9 cm³/mol. The summed E-state index contributed by atoms with van der Waals surface area (Å²) in [6.07, 6.45) is 0.504. The second-order valence-electron chi connectivity index (χ2n) is 4.21. The Kier molecular flexibility index (Phi) is 6.76. The van der Waals surface area contributed by atoms with E-state index in [-0.39, 0.29) is 36.8 Å². The Morgan fingerprint density at radius 3 is 2.62 bits per heavy atom. The molecule has 3 N–H and O–H groups in total. The molecule has 0 fully saturated rings. The lowest BCUT2D eigenvalue weighted by molar-refractivity contribution is 0.0695. The summed E-state index contributed by atoms with van der Waals surface area (Å²) >= 11 is 0. The van der Waals surface area contributed by atoms with E-state index in [1.54, 1.807) is 6.92 Å². The van der Waals surface area contributed by atoms with E-state index in [1.807, 2.05) is 0 Å². The maximum atomic E-state index is 12.0. The lowest BCUT2D eigenvalue weighted by Gasteiger charge is -2.09. The lowest BCUT2D eigenvalue weighted by Crippen LogP contribution is -2.28. The maximum absolute atomic E-state index is 12.0. The number of hydrogen-bond donors (Lipinski definition) is 3. The highest BCUT2D eigenvalue weighted by atomic mass is 32.2. The number of aryl methyl sites for hydroxylation is 1. The number of aliphatic hydroxyl groups excluding tert-OH is 1. The van der Waals surface area contributed by atoms with Crippen LogP contribution in [-0.4, -0.2) is 51.0 Å². The van der Waals surface area contributed by atoms with E-state index in [1.165, 1.54) is 12.1 Å². The Bertz CT molecular complexity index is 584. The van der Waals surface area contributed by atoms with Crippen molar-refractivity contribution < 1.29 is 28.2 Å². The Morgan fingerprint density at radius 2 is 2.05 bits per heavy atom. The van der Waals surface area contributed by atoms with Crippen LogP contribution in [0.5, 0.6) is 0 Å². The van der Waals surface area contributed by atoms with Gasteiger partial charge in [-0.3, -0.25) is 0 Å². The number of carboxylic acid groups (broad SMARTS) is 1. The number of carboxylic acids is 1. The van der Waals surface area contributed by atoms with Gasteiger partial charge in [-0.2, -0.15) is 0 Å². The number of ether oxygens (including phenoxy) is 1. The van der Waals surface area contributed by atoms with Gasteiger partial charge in [-0.15, -0.1) is 0 Å². The molecule has 0 unspecified atom stereocenters. The highest BCUT2D eigenvalue weighted by molar-refractivity contribution is 7.89. The van der Waals surface area contributed by atoms with Gasteiger partial charge in [0.1, 0.15) is 0 Å². The SMILES string of the molecule is CCc1ccc(S(=O)(=O)NCCOCCO)cc1C(=O)O. The van der Waals surface area contributed by atoms with Crippen LogP contribution >= 0.6 is 0 Å². The van der Waals surface area contributed by atoms with Crippen LogP contribution in [0.4, 0.5) is 0 Å². The zero-order valence-corrected chi connectivity index (χ0v) is 12.5. The quantitative estimate of drug-likeness (QED) is 0.562. The maximum Gasteiger partial charge on any atom is 0.336 e. The Labute approximate surface area is 123 Å². The van der Waals surface area contributed by atoms with E-state index in [0.29, 0.717) is 12.0 Å². The van der Waals surface area contributed by atoms with Gasteiger partial charge < -0.3 is 14.9 Å². The standard InChI is InChI=1S/C13H19NO6S/c1-2-10-3-4-11(9-12(10)13(16)17)21(18,19)14-5-7-20-8-6-15/h3-4,9,14-15H,2,5-8H2,1H3,(H,16,17). The molecular formula is C13H19NO6S. The van der Waals surface area contributed by atoms with Crippen LogP contribution in [0.3, 0.4) is 0 Å². The molecule has 0 bridgehead atoms. The van der Waals surface area contributed by atoms with E-state index >= 15 is 0 Å². The van der Waals surface area contributed by atoms with Crippen molar-refractivity contribution in [1.82, 2.24) is 4.72 Å². The molecule has 0 heterocycles. The van der Waals surface area contributed by atoms with E-state index in [0.717, 1.165) is 6.07 Å². The van der Waals surface area contributed by atoms with Gasteiger partial charge in [0.2, 0.25) is 10.0 Å². The fraction of sp³-hybridized carbons (Fsp3) is 0.462. The summed E-state index contributed by atoms with van der Waals surface area (Å²) in [5.74, 6) is -1.16. The molecule has 1 aromatic carbocycles. The summed E-state index contributed by atoms with van der Waals surface area (Å²) in [5, 5.41) is 17.6. The first kappa shape index (κ1) is 17.6. The molecule has 21 heavy (non-hydrogen) atoms. The smallest absolute Gasteiger partial charge is 0.336 e. The molecule has 0 saturated heterocycles. The molecule has 1 aromatic rings. The summed E-state index contributed by atoms with van der Waals surface area (Å²) in [6, 6.07) is 4.03. The molecule has 0 aliphatic carbocycles. The third-order valence-electron chi connectivity index (χ3n) is 2.78. The minimum Gasteiger partial charge on any atom is -0.478 e. The number of aliphatic hydroxyl groups is 1. The number of aromatic carboxylic acids is 1. The third kappa shape index (κ3) is 5.09. The van der Waals surface area contributed by atoms with E-state index in [9.17, 15) is 13.2 Å². The molecule has 0 amide bonds. The van der Waals surface area contributed by atoms with Gasteiger partial charge in [0.05, 0.1) is 30.3 Å². The van der Waals surface area contributed by atoms with Gasteiger partial charge in [0.25, 0.3) is 0 Å². The molecular weight excluding hydrogens is 298 g/mol. The van der Waals surface area contributed by atoms with Crippen molar-refractivity contribution in [2.24, 2.45) is 0 Å². The summed E-state index contributed by atoms with van der Waals surface area (Å²) in [4.78, 5) is 11.0. The Morgan fingerprint density at radius 1 is 1.33 bits per heavy atom. The predicted octanol–water partition coefficient (Wildman–Crippen LogP) is 0.234. The highest BCUT2D eigenvalue weighted by Crippen LogP contribution is 2.16. The van der Waals surface area contributed by atoms with Crippen LogP contribution in [0.25, 0.3) is 0 Å². The first-order valence-electron chi connectivity index (χ1n) is 6.47. The minimum atomic E-state index is -3.78. The van der Waals surface area contributed by atoms with Crippen LogP contribution in [0.2, 0.25) is 0 Å². The van der Waals surface area contributed by atoms with Gasteiger partial charge in [-0.05, 0) is 24.1 Å². The van der Waals surface area contributed by atoms with Crippen LogP contribution in [0.1, 0.15) is 22.8 Å². The first-order valence-corrected chi connectivity index (χ1v) is 7.95. The Balaban J connectivity index is 2.83. The molecule has 0 aliphatic rings. The molecule has 1 rings (SSSR count). The van der Waals surface area contributed by atoms with Crippen LogP contribution in [0.15, 0.2) is 23.1 Å². The fourth-order valence-corrected chi connectivity index (χ4v) is 2.77. The van der Waals surface area contributed by atoms with Gasteiger partial charge in [0.15, 0.2) is 0 Å². The van der Waals surface area contributed by atoms with Crippen LogP contribution < -0.4 is 4.72 Å². The number of carbonyl (C=O) groups is 1. The second kappa shape index (κ2) is 8.08. The normalized spacial score (nSPS) is 11.5. The molecule has 7 nitrogen and oxygen atoms in total. The highest BCUT2D eigenvalue weighted by Gasteiger charge is 2.17. The van der Waals surface area contributed by atoms with Gasteiger partial charge in [0, 0.05) is 6.54 Å². The molecule has 0 spiro atoms. The molecule has 0 aliphatic heterocycles. The summed E-state index contributed by atoms with van der Waals surface area (Å²) < 4.78 is 31.3. The number of benzene rings is 1. The van der Waals surface area contributed by atoms with Crippen molar-refractivity contribution in [3.05, 3.63) is 29.3 Å². The summed E-state index contributed by atoms with van der Waals surface area (Å²) in [6.45, 7) is 1.97. The average Bonchev–Trinajstić information content (AvgIpc) is 2.46. The molecule has 8 heteroatoms. The zero-order valence-electron chi connectivity index (χ0n) is 11.7. The van der Waals surface area contributed by atoms with Gasteiger partial charge in [-0.25, -0.2) is 17.9 Å². The van der Waals surface area contributed by atoms with E-state index in [4.69, 9.17) is 14.9 Å². The topological polar surface area (TPSA) is 113 Å². The van der Waals surface area contributed by atoms with Crippen LogP contribution in [-0.2, 0) is 21.2 Å². The van der Waals surface area contributed by atoms with Crippen molar-refractivity contribution in [1.29, 1.82) is 0 Å². The molecule has 118 valence electrons. The van der Waals surface area contributed by atoms with Crippen molar-refractivity contribution in [3.8, 4) is 0 Å². The molecule has 0 saturated carbocycles. The summed E-state index contributed by atoms with van der Waals surface area (Å²) in [7, 11) is -3.78. The van der Waals surface area contributed by atoms with Gasteiger partial charge in [-0.1, -0.05) is 13.0 Å². The monoisotopic (exact) mass is 317 g/mol. The zero-order chi connectivity index (χ0) is 15.9. The first-order chi connectivity index (χ1) is 9.92. The lowest BCUT2D eigenvalue weighted by atomic mass is 10.1. The molecule has 0 radical (unpaired) electrons. The number of nitrogens with one attached hydrogen (secondary N) is 1. The molecule has 0 aromatic heterocycles. The van der Waals surface area contributed by atoms with E-state index < -0.39 is 16.0 Å². The summed E-state index contributed by atoms with van der Waals surface area (Å²) in [5.41, 5.74) is 0.560. The van der Waals surface area contributed by atoms with Crippen molar-refractivity contribution in [2.45, 2.75) is 18.2 Å². The van der Waals surface area contributed by atoms with Gasteiger partial charge >= 0.3 is 5.97 Å². The van der Waals surface area contributed by atoms with Crippen molar-refractivity contribution in [2.75, 3.05) is 26.4 Å². The third-order valence-corrected chi connectivity index (χ3v) is 4.24. The largest absolute Gasteiger partial charge is 0.478 e. The molecule has 0 atom stereocenters. The minimum absolute atomic E-state index is 0.0168. The second-order valence-corrected chi connectivity index (χ2v) is 5.98. The van der Waals surface area contributed by atoms with Crippen LogP contribution in [0, 0.1) is 0 Å². The fourth-order valence-electron chi connectivity index (χ4n) is 1.73. The van der Waals surface area contributed by atoms with Crippen molar-refractivity contribution >= 4 is 16.0 Å². The van der Waals surface area contributed by atoms with E-state index in [2.05, 4.69) is 4.72 Å². The number of hydrogen-bond acceptors (Lipinski definition) is 5. The average molecular weight is 317 g/mol. The van der Waals surface area contributed by atoms with Crippen molar-refractivity contribution in [3.63, 3.8) is 0 Å². The number of rotatable bonds is 9.